The number of hydroxylamine groups is 1. The molecular formula is C12H22N2O2. The zero-order valence-corrected chi connectivity index (χ0v) is 10.1. The van der Waals surface area contributed by atoms with Crippen LogP contribution in [0.1, 0.15) is 33.1 Å². The molecule has 0 heterocycles. The fourth-order valence-corrected chi connectivity index (χ4v) is 3.07. The number of hydrogen-bond acceptors (Lipinski definition) is 3. The van der Waals surface area contributed by atoms with Crippen molar-refractivity contribution in [1.29, 1.82) is 0 Å². The van der Waals surface area contributed by atoms with Crippen molar-refractivity contribution >= 4 is 5.91 Å². The van der Waals surface area contributed by atoms with Gasteiger partial charge in [0.1, 0.15) is 0 Å². The molecule has 2 aliphatic carbocycles. The summed E-state index contributed by atoms with van der Waals surface area (Å²) in [4.78, 5) is 17.1. The van der Waals surface area contributed by atoms with Gasteiger partial charge in [-0.25, -0.2) is 5.48 Å². The van der Waals surface area contributed by atoms with Crippen LogP contribution in [-0.2, 0) is 9.63 Å². The molecule has 2 aliphatic rings. The molecule has 2 rings (SSSR count). The molecule has 16 heavy (non-hydrogen) atoms. The van der Waals surface area contributed by atoms with Crippen molar-refractivity contribution in [2.75, 3.05) is 6.61 Å². The van der Waals surface area contributed by atoms with Gasteiger partial charge in [-0.15, -0.1) is 0 Å². The van der Waals surface area contributed by atoms with Crippen LogP contribution in [0.3, 0.4) is 0 Å². The highest BCUT2D eigenvalue weighted by Crippen LogP contribution is 2.47. The Morgan fingerprint density at radius 3 is 2.69 bits per heavy atom. The number of fused-ring (bicyclic) bond motifs is 2. The Balaban J connectivity index is 1.81. The lowest BCUT2D eigenvalue weighted by Gasteiger charge is -2.26. The van der Waals surface area contributed by atoms with Crippen molar-refractivity contribution in [3.63, 3.8) is 0 Å². The molecule has 92 valence electrons. The average Bonchev–Trinajstić information content (AvgIpc) is 2.76. The predicted molar refractivity (Wildman–Crippen MR) is 61.2 cm³/mol. The molecule has 0 spiro atoms. The summed E-state index contributed by atoms with van der Waals surface area (Å²) in [5.74, 6) is 1.44. The van der Waals surface area contributed by atoms with Crippen LogP contribution in [-0.4, -0.2) is 18.6 Å². The quantitative estimate of drug-likeness (QED) is 0.705. The van der Waals surface area contributed by atoms with E-state index in [1.807, 2.05) is 0 Å². The summed E-state index contributed by atoms with van der Waals surface area (Å²) >= 11 is 0. The molecule has 4 nitrogen and oxygen atoms in total. The summed E-state index contributed by atoms with van der Waals surface area (Å²) in [5, 5.41) is 0. The van der Waals surface area contributed by atoms with Crippen LogP contribution < -0.4 is 11.2 Å². The van der Waals surface area contributed by atoms with Gasteiger partial charge in [-0.3, -0.25) is 9.63 Å². The topological polar surface area (TPSA) is 64.3 Å². The van der Waals surface area contributed by atoms with E-state index in [9.17, 15) is 4.79 Å². The van der Waals surface area contributed by atoms with Crippen LogP contribution in [0.15, 0.2) is 0 Å². The number of rotatable bonds is 4. The smallest absolute Gasteiger partial charge is 0.248 e. The van der Waals surface area contributed by atoms with Gasteiger partial charge in [0.2, 0.25) is 5.91 Å². The molecule has 0 aliphatic heterocycles. The Kier molecular flexibility index (Phi) is 3.50. The molecule has 4 unspecified atom stereocenters. The Labute approximate surface area is 96.9 Å². The number of hydrogen-bond donors (Lipinski definition) is 2. The van der Waals surface area contributed by atoms with Crippen LogP contribution >= 0.6 is 0 Å². The molecule has 0 radical (unpaired) electrons. The van der Waals surface area contributed by atoms with Gasteiger partial charge in [0.15, 0.2) is 0 Å². The standard InChI is InChI=1S/C12H22N2O2/c1-7(2)6-16-14-12(15)10-8-3-4-9(5-8)11(10)13/h7-11H,3-6,13H2,1-2H3,(H,14,15). The maximum atomic E-state index is 11.9. The van der Waals surface area contributed by atoms with Gasteiger partial charge in [0, 0.05) is 6.04 Å². The van der Waals surface area contributed by atoms with E-state index in [2.05, 4.69) is 19.3 Å². The van der Waals surface area contributed by atoms with Crippen molar-refractivity contribution in [2.45, 2.75) is 39.2 Å². The third-order valence-electron chi connectivity index (χ3n) is 3.87. The highest BCUT2D eigenvalue weighted by atomic mass is 16.6. The summed E-state index contributed by atoms with van der Waals surface area (Å²) in [6.45, 7) is 4.66. The molecule has 0 aromatic heterocycles. The van der Waals surface area contributed by atoms with Crippen LogP contribution in [0.5, 0.6) is 0 Å². The molecule has 3 N–H and O–H groups in total. The number of amides is 1. The van der Waals surface area contributed by atoms with E-state index in [4.69, 9.17) is 10.6 Å². The minimum atomic E-state index is -0.0223. The van der Waals surface area contributed by atoms with Crippen LogP contribution in [0.25, 0.3) is 0 Å². The van der Waals surface area contributed by atoms with E-state index in [0.717, 1.165) is 12.8 Å². The second-order valence-electron chi connectivity index (χ2n) is 5.61. The molecule has 0 aromatic carbocycles. The monoisotopic (exact) mass is 226 g/mol. The highest BCUT2D eigenvalue weighted by molar-refractivity contribution is 5.79. The SMILES string of the molecule is CC(C)CONC(=O)C1C2CCC(C2)C1N. The largest absolute Gasteiger partial charge is 0.327 e. The van der Waals surface area contributed by atoms with E-state index in [1.54, 1.807) is 0 Å². The lowest BCUT2D eigenvalue weighted by molar-refractivity contribution is -0.140. The van der Waals surface area contributed by atoms with Gasteiger partial charge in [-0.1, -0.05) is 13.8 Å². The number of carbonyl (C=O) groups excluding carboxylic acids is 1. The van der Waals surface area contributed by atoms with Gasteiger partial charge in [-0.05, 0) is 37.0 Å². The van der Waals surface area contributed by atoms with Crippen LogP contribution in [0.4, 0.5) is 0 Å². The number of carbonyl (C=O) groups is 1. The van der Waals surface area contributed by atoms with E-state index in [1.165, 1.54) is 6.42 Å². The van der Waals surface area contributed by atoms with Crippen molar-refractivity contribution in [3.8, 4) is 0 Å². The van der Waals surface area contributed by atoms with Crippen LogP contribution in [0, 0.1) is 23.7 Å². The van der Waals surface area contributed by atoms with Crippen LogP contribution in [0.2, 0.25) is 0 Å². The fraction of sp³-hybridized carbons (Fsp3) is 0.917. The first-order valence-corrected chi connectivity index (χ1v) is 6.26. The molecule has 4 atom stereocenters. The Hall–Kier alpha value is -0.610. The molecule has 2 bridgehead atoms. The van der Waals surface area contributed by atoms with Crippen molar-refractivity contribution in [1.82, 2.24) is 5.48 Å². The first-order chi connectivity index (χ1) is 7.59. The van der Waals surface area contributed by atoms with E-state index in [-0.39, 0.29) is 17.9 Å². The normalized spacial score (nSPS) is 37.0. The Morgan fingerprint density at radius 2 is 2.12 bits per heavy atom. The van der Waals surface area contributed by atoms with Crippen molar-refractivity contribution in [2.24, 2.45) is 29.4 Å². The summed E-state index contributed by atoms with van der Waals surface area (Å²) in [6, 6.07) is 0.0430. The van der Waals surface area contributed by atoms with Crippen molar-refractivity contribution in [3.05, 3.63) is 0 Å². The lowest BCUT2D eigenvalue weighted by atomic mass is 9.84. The van der Waals surface area contributed by atoms with Gasteiger partial charge in [0.05, 0.1) is 12.5 Å². The minimum Gasteiger partial charge on any atom is -0.327 e. The summed E-state index contributed by atoms with van der Waals surface area (Å²) in [6.07, 6.45) is 3.48. The molecule has 1 amide bonds. The predicted octanol–water partition coefficient (Wildman–Crippen LogP) is 1.06. The van der Waals surface area contributed by atoms with Gasteiger partial charge >= 0.3 is 0 Å². The Morgan fingerprint density at radius 1 is 1.44 bits per heavy atom. The van der Waals surface area contributed by atoms with Gasteiger partial charge < -0.3 is 5.73 Å². The minimum absolute atomic E-state index is 0.0136. The van der Waals surface area contributed by atoms with E-state index < -0.39 is 0 Å². The number of nitrogens with two attached hydrogens (primary N) is 1. The highest BCUT2D eigenvalue weighted by Gasteiger charge is 2.49. The van der Waals surface area contributed by atoms with Crippen molar-refractivity contribution < 1.29 is 9.63 Å². The first-order valence-electron chi connectivity index (χ1n) is 6.26. The fourth-order valence-electron chi connectivity index (χ4n) is 3.07. The maximum Gasteiger partial charge on any atom is 0.248 e. The summed E-state index contributed by atoms with van der Waals surface area (Å²) in [5.41, 5.74) is 8.63. The maximum absolute atomic E-state index is 11.9. The first kappa shape index (κ1) is 11.9. The molecule has 2 saturated carbocycles. The second kappa shape index (κ2) is 4.72. The average molecular weight is 226 g/mol. The summed E-state index contributed by atoms with van der Waals surface area (Å²) < 4.78 is 0. The molecule has 2 fully saturated rings. The zero-order valence-electron chi connectivity index (χ0n) is 10.1. The molecule has 0 aromatic rings. The molecular weight excluding hydrogens is 204 g/mol. The van der Waals surface area contributed by atoms with Gasteiger partial charge in [0.25, 0.3) is 0 Å². The summed E-state index contributed by atoms with van der Waals surface area (Å²) in [7, 11) is 0. The molecule has 0 saturated heterocycles. The second-order valence-corrected chi connectivity index (χ2v) is 5.61. The van der Waals surface area contributed by atoms with E-state index in [0.29, 0.717) is 24.4 Å². The van der Waals surface area contributed by atoms with E-state index >= 15 is 0 Å². The lowest BCUT2D eigenvalue weighted by Crippen LogP contribution is -2.45. The third-order valence-corrected chi connectivity index (χ3v) is 3.87. The Bertz CT molecular complexity index is 266. The third kappa shape index (κ3) is 2.23. The zero-order chi connectivity index (χ0) is 11.7. The van der Waals surface area contributed by atoms with Gasteiger partial charge in [-0.2, -0.15) is 0 Å². The number of nitrogens with one attached hydrogen (secondary N) is 1. The molecule has 4 heteroatoms.